The molecular formula is C13H11FN2O4. The first-order chi connectivity index (χ1) is 9.49. The van der Waals surface area contributed by atoms with Crippen LogP contribution in [-0.4, -0.2) is 15.1 Å². The maximum absolute atomic E-state index is 13.1. The van der Waals surface area contributed by atoms with Crippen molar-refractivity contribution in [3.05, 3.63) is 57.9 Å². The van der Waals surface area contributed by atoms with Gasteiger partial charge in [-0.15, -0.1) is 0 Å². The van der Waals surface area contributed by atoms with Crippen LogP contribution in [0, 0.1) is 15.9 Å². The van der Waals surface area contributed by atoms with Gasteiger partial charge in [0.15, 0.2) is 11.5 Å². The van der Waals surface area contributed by atoms with Crippen LogP contribution in [-0.2, 0) is 6.54 Å². The number of anilines is 1. The first-order valence-electron chi connectivity index (χ1n) is 5.66. The highest BCUT2D eigenvalue weighted by Gasteiger charge is 2.15. The lowest BCUT2D eigenvalue weighted by molar-refractivity contribution is -0.384. The van der Waals surface area contributed by atoms with Crippen molar-refractivity contribution in [2.75, 3.05) is 5.32 Å². The number of benzene rings is 2. The molecule has 0 aliphatic rings. The number of para-hydroxylation sites is 1. The second kappa shape index (κ2) is 5.43. The summed E-state index contributed by atoms with van der Waals surface area (Å²) in [4.78, 5) is 10.2. The molecule has 2 rings (SSSR count). The molecule has 2 aromatic carbocycles. The minimum Gasteiger partial charge on any atom is -0.504 e. The van der Waals surface area contributed by atoms with Gasteiger partial charge < -0.3 is 15.5 Å². The molecule has 0 unspecified atom stereocenters. The molecule has 0 bridgehead atoms. The molecule has 0 fully saturated rings. The van der Waals surface area contributed by atoms with Gasteiger partial charge in [0.25, 0.3) is 5.69 Å². The van der Waals surface area contributed by atoms with E-state index in [1.807, 2.05) is 0 Å². The number of phenols is 2. The Balaban J connectivity index is 2.24. The number of rotatable bonds is 4. The van der Waals surface area contributed by atoms with Crippen LogP contribution in [0.1, 0.15) is 5.56 Å². The zero-order chi connectivity index (χ0) is 14.7. The van der Waals surface area contributed by atoms with Gasteiger partial charge in [0.1, 0.15) is 11.5 Å². The Labute approximate surface area is 113 Å². The van der Waals surface area contributed by atoms with Gasteiger partial charge in [-0.3, -0.25) is 10.1 Å². The summed E-state index contributed by atoms with van der Waals surface area (Å²) in [7, 11) is 0. The summed E-state index contributed by atoms with van der Waals surface area (Å²) in [5, 5.41) is 32.4. The molecule has 0 heterocycles. The standard InChI is InChI=1S/C13H11FN2O4/c14-9-4-5-11(16(19)20)10(6-9)15-7-8-2-1-3-12(17)13(8)18/h1-6,15,17-18H,7H2. The lowest BCUT2D eigenvalue weighted by atomic mass is 10.1. The molecule has 2 aromatic rings. The zero-order valence-corrected chi connectivity index (χ0v) is 10.2. The Bertz CT molecular complexity index is 661. The first-order valence-corrected chi connectivity index (χ1v) is 5.66. The second-order valence-electron chi connectivity index (χ2n) is 4.06. The van der Waals surface area contributed by atoms with Crippen LogP contribution in [0.2, 0.25) is 0 Å². The molecule has 0 aromatic heterocycles. The maximum atomic E-state index is 13.1. The van der Waals surface area contributed by atoms with Gasteiger partial charge in [0.2, 0.25) is 0 Å². The lowest BCUT2D eigenvalue weighted by Gasteiger charge is -2.09. The predicted octanol–water partition coefficient (Wildman–Crippen LogP) is 2.76. The van der Waals surface area contributed by atoms with Gasteiger partial charge >= 0.3 is 0 Å². The SMILES string of the molecule is O=[N+]([O-])c1ccc(F)cc1NCc1cccc(O)c1O. The fraction of sp³-hybridized carbons (Fsp3) is 0.0769. The van der Waals surface area contributed by atoms with Gasteiger partial charge in [0, 0.05) is 24.2 Å². The summed E-state index contributed by atoms with van der Waals surface area (Å²) in [6, 6.07) is 7.41. The Morgan fingerprint density at radius 3 is 2.70 bits per heavy atom. The van der Waals surface area contributed by atoms with Crippen molar-refractivity contribution >= 4 is 11.4 Å². The third kappa shape index (κ3) is 2.77. The van der Waals surface area contributed by atoms with E-state index in [-0.39, 0.29) is 29.4 Å². The fourth-order valence-electron chi connectivity index (χ4n) is 1.72. The maximum Gasteiger partial charge on any atom is 0.292 e. The van der Waals surface area contributed by atoms with Crippen molar-refractivity contribution in [3.63, 3.8) is 0 Å². The van der Waals surface area contributed by atoms with Gasteiger partial charge in [0.05, 0.1) is 4.92 Å². The molecule has 3 N–H and O–H groups in total. The number of phenolic OH excluding ortho intramolecular Hbond substituents is 2. The van der Waals surface area contributed by atoms with E-state index in [0.29, 0.717) is 5.56 Å². The van der Waals surface area contributed by atoms with Crippen LogP contribution in [0.5, 0.6) is 11.5 Å². The van der Waals surface area contributed by atoms with E-state index in [9.17, 15) is 24.7 Å². The largest absolute Gasteiger partial charge is 0.504 e. The lowest BCUT2D eigenvalue weighted by Crippen LogP contribution is -2.03. The highest BCUT2D eigenvalue weighted by atomic mass is 19.1. The van der Waals surface area contributed by atoms with Crippen molar-refractivity contribution in [1.82, 2.24) is 0 Å². The average molecular weight is 278 g/mol. The molecular weight excluding hydrogens is 267 g/mol. The smallest absolute Gasteiger partial charge is 0.292 e. The summed E-state index contributed by atoms with van der Waals surface area (Å²) in [6.07, 6.45) is 0. The summed E-state index contributed by atoms with van der Waals surface area (Å²) in [5.74, 6) is -1.23. The third-order valence-electron chi connectivity index (χ3n) is 2.72. The van der Waals surface area contributed by atoms with Crippen LogP contribution in [0.25, 0.3) is 0 Å². The number of nitrogens with zero attached hydrogens (tertiary/aromatic N) is 1. The van der Waals surface area contributed by atoms with Crippen molar-refractivity contribution in [1.29, 1.82) is 0 Å². The quantitative estimate of drug-likeness (QED) is 0.454. The van der Waals surface area contributed by atoms with E-state index in [0.717, 1.165) is 18.2 Å². The van der Waals surface area contributed by atoms with Crippen LogP contribution in [0.3, 0.4) is 0 Å². The molecule has 0 aliphatic carbocycles. The number of hydrogen-bond acceptors (Lipinski definition) is 5. The Hall–Kier alpha value is -2.83. The van der Waals surface area contributed by atoms with Crippen molar-refractivity contribution in [3.8, 4) is 11.5 Å². The second-order valence-corrected chi connectivity index (χ2v) is 4.06. The van der Waals surface area contributed by atoms with Gasteiger partial charge in [-0.2, -0.15) is 0 Å². The molecule has 0 saturated heterocycles. The van der Waals surface area contributed by atoms with E-state index in [2.05, 4.69) is 5.32 Å². The zero-order valence-electron chi connectivity index (χ0n) is 10.2. The molecule has 104 valence electrons. The van der Waals surface area contributed by atoms with E-state index in [4.69, 9.17) is 0 Å². The van der Waals surface area contributed by atoms with Crippen LogP contribution >= 0.6 is 0 Å². The van der Waals surface area contributed by atoms with Crippen LogP contribution in [0.15, 0.2) is 36.4 Å². The van der Waals surface area contributed by atoms with Crippen molar-refractivity contribution in [2.24, 2.45) is 0 Å². The van der Waals surface area contributed by atoms with Crippen molar-refractivity contribution < 1.29 is 19.5 Å². The fourth-order valence-corrected chi connectivity index (χ4v) is 1.72. The Kier molecular flexibility index (Phi) is 3.69. The number of hydrogen-bond donors (Lipinski definition) is 3. The van der Waals surface area contributed by atoms with E-state index in [1.54, 1.807) is 0 Å². The molecule has 0 atom stereocenters. The number of nitro benzene ring substituents is 1. The van der Waals surface area contributed by atoms with E-state index in [1.165, 1.54) is 18.2 Å². The van der Waals surface area contributed by atoms with Crippen molar-refractivity contribution in [2.45, 2.75) is 6.54 Å². The normalized spacial score (nSPS) is 10.2. The van der Waals surface area contributed by atoms with E-state index < -0.39 is 10.7 Å². The van der Waals surface area contributed by atoms with Crippen LogP contribution < -0.4 is 5.32 Å². The topological polar surface area (TPSA) is 95.6 Å². The molecule has 6 nitrogen and oxygen atoms in total. The summed E-state index contributed by atoms with van der Waals surface area (Å²) < 4.78 is 13.1. The highest BCUT2D eigenvalue weighted by molar-refractivity contribution is 5.62. The number of aromatic hydroxyl groups is 2. The highest BCUT2D eigenvalue weighted by Crippen LogP contribution is 2.30. The number of halogens is 1. The summed E-state index contributed by atoms with van der Waals surface area (Å²) in [6.45, 7) is 0.00449. The summed E-state index contributed by atoms with van der Waals surface area (Å²) in [5.41, 5.74) is 0.0624. The monoisotopic (exact) mass is 278 g/mol. The first kappa shape index (κ1) is 13.6. The minimum atomic E-state index is -0.635. The Morgan fingerprint density at radius 2 is 2.00 bits per heavy atom. The minimum absolute atomic E-state index is 0.00209. The molecule has 0 amide bonds. The third-order valence-corrected chi connectivity index (χ3v) is 2.72. The Morgan fingerprint density at radius 1 is 1.25 bits per heavy atom. The van der Waals surface area contributed by atoms with Crippen LogP contribution in [0.4, 0.5) is 15.8 Å². The average Bonchev–Trinajstić information content (AvgIpc) is 2.40. The molecule has 0 spiro atoms. The molecule has 7 heteroatoms. The molecule has 0 saturated carbocycles. The molecule has 0 aliphatic heterocycles. The molecule has 20 heavy (non-hydrogen) atoms. The predicted molar refractivity (Wildman–Crippen MR) is 70.2 cm³/mol. The number of nitrogens with one attached hydrogen (secondary N) is 1. The van der Waals surface area contributed by atoms with E-state index >= 15 is 0 Å². The molecule has 0 radical (unpaired) electrons. The van der Waals surface area contributed by atoms with Gasteiger partial charge in [-0.1, -0.05) is 12.1 Å². The summed E-state index contributed by atoms with van der Waals surface area (Å²) >= 11 is 0. The van der Waals surface area contributed by atoms with Gasteiger partial charge in [-0.25, -0.2) is 4.39 Å². The van der Waals surface area contributed by atoms with Gasteiger partial charge in [-0.05, 0) is 12.1 Å². The number of nitro groups is 1.